The second kappa shape index (κ2) is 2.06. The van der Waals surface area contributed by atoms with Crippen molar-refractivity contribution in [1.82, 2.24) is 5.32 Å². The number of ketones is 1. The lowest BCUT2D eigenvalue weighted by Gasteiger charge is -1.89. The molecule has 1 aliphatic heterocycles. The minimum Gasteiger partial charge on any atom is -0.294 e. The first kappa shape index (κ1) is 6.67. The summed E-state index contributed by atoms with van der Waals surface area (Å²) in [7, 11) is 0. The first-order chi connectivity index (χ1) is 4.61. The number of Topliss-reactive ketones (excluding diaryl/α,β-unsaturated/α-hetero) is 1. The molecule has 0 aromatic rings. The monoisotopic (exact) mass is 139 g/mol. The quantitative estimate of drug-likeness (QED) is 0.380. The van der Waals surface area contributed by atoms with Crippen molar-refractivity contribution in [2.45, 2.75) is 6.92 Å². The van der Waals surface area contributed by atoms with Gasteiger partial charge in [0.15, 0.2) is 5.78 Å². The standard InChI is InChI=1S/C6H5NO3/c1-3(8)4-2-5(9)7-6(4)10/h2H,1H3,(H,7,9,10). The molecule has 4 heteroatoms. The van der Waals surface area contributed by atoms with Gasteiger partial charge in [-0.05, 0) is 6.92 Å². The van der Waals surface area contributed by atoms with Crippen molar-refractivity contribution in [3.8, 4) is 0 Å². The van der Waals surface area contributed by atoms with Crippen molar-refractivity contribution in [2.24, 2.45) is 0 Å². The van der Waals surface area contributed by atoms with E-state index in [4.69, 9.17) is 0 Å². The Morgan fingerprint density at radius 3 is 2.30 bits per heavy atom. The van der Waals surface area contributed by atoms with Crippen molar-refractivity contribution in [3.05, 3.63) is 11.6 Å². The van der Waals surface area contributed by atoms with E-state index >= 15 is 0 Å². The molecule has 1 aliphatic rings. The van der Waals surface area contributed by atoms with E-state index in [9.17, 15) is 14.4 Å². The second-order valence-corrected chi connectivity index (χ2v) is 1.93. The third kappa shape index (κ3) is 0.953. The van der Waals surface area contributed by atoms with Gasteiger partial charge in [0.25, 0.3) is 11.8 Å². The van der Waals surface area contributed by atoms with Gasteiger partial charge in [-0.1, -0.05) is 0 Å². The molecular weight excluding hydrogens is 134 g/mol. The van der Waals surface area contributed by atoms with Crippen LogP contribution >= 0.6 is 0 Å². The maximum atomic E-state index is 10.6. The zero-order valence-electron chi connectivity index (χ0n) is 5.30. The molecule has 1 N–H and O–H groups in total. The lowest BCUT2D eigenvalue weighted by atomic mass is 10.2. The number of hydrogen-bond acceptors (Lipinski definition) is 3. The first-order valence-corrected chi connectivity index (χ1v) is 2.69. The maximum absolute atomic E-state index is 10.6. The topological polar surface area (TPSA) is 63.2 Å². The summed E-state index contributed by atoms with van der Waals surface area (Å²) >= 11 is 0. The van der Waals surface area contributed by atoms with E-state index < -0.39 is 11.8 Å². The van der Waals surface area contributed by atoms with Crippen LogP contribution in [0.25, 0.3) is 0 Å². The summed E-state index contributed by atoms with van der Waals surface area (Å²) in [5.74, 6) is -1.50. The number of carbonyl (C=O) groups is 3. The Hall–Kier alpha value is -1.45. The summed E-state index contributed by atoms with van der Waals surface area (Å²) < 4.78 is 0. The second-order valence-electron chi connectivity index (χ2n) is 1.93. The number of hydrogen-bond donors (Lipinski definition) is 1. The zero-order valence-corrected chi connectivity index (χ0v) is 5.30. The predicted octanol–water partition coefficient (Wildman–Crippen LogP) is -0.842. The van der Waals surface area contributed by atoms with Crippen LogP contribution in [0.15, 0.2) is 11.6 Å². The Bertz CT molecular complexity index is 252. The predicted molar refractivity (Wildman–Crippen MR) is 31.9 cm³/mol. The average molecular weight is 139 g/mol. The molecule has 52 valence electrons. The summed E-state index contributed by atoms with van der Waals surface area (Å²) in [5, 5.41) is 1.96. The zero-order chi connectivity index (χ0) is 7.72. The van der Waals surface area contributed by atoms with E-state index in [1.807, 2.05) is 5.32 Å². The van der Waals surface area contributed by atoms with Crippen molar-refractivity contribution < 1.29 is 14.4 Å². The lowest BCUT2D eigenvalue weighted by Crippen LogP contribution is -2.23. The van der Waals surface area contributed by atoms with E-state index in [-0.39, 0.29) is 11.4 Å². The molecule has 0 aromatic heterocycles. The number of rotatable bonds is 1. The van der Waals surface area contributed by atoms with Crippen LogP contribution in [0.1, 0.15) is 6.92 Å². The number of carbonyl (C=O) groups excluding carboxylic acids is 3. The lowest BCUT2D eigenvalue weighted by molar-refractivity contribution is -0.124. The van der Waals surface area contributed by atoms with Crippen LogP contribution in [0.5, 0.6) is 0 Å². The Labute approximate surface area is 56.9 Å². The minimum absolute atomic E-state index is 0.0648. The normalized spacial score (nSPS) is 16.7. The molecule has 0 saturated carbocycles. The maximum Gasteiger partial charge on any atom is 0.261 e. The first-order valence-electron chi connectivity index (χ1n) is 2.69. The van der Waals surface area contributed by atoms with Crippen LogP contribution in [0, 0.1) is 0 Å². The van der Waals surface area contributed by atoms with Gasteiger partial charge in [-0.15, -0.1) is 0 Å². The van der Waals surface area contributed by atoms with Crippen LogP contribution in [0.2, 0.25) is 0 Å². The fourth-order valence-corrected chi connectivity index (χ4v) is 0.673. The SMILES string of the molecule is CC(=O)C1=CC(=O)NC1=O. The molecule has 0 bridgehead atoms. The molecule has 0 aromatic carbocycles. The highest BCUT2D eigenvalue weighted by Crippen LogP contribution is 2.01. The van der Waals surface area contributed by atoms with E-state index in [1.165, 1.54) is 6.92 Å². The molecule has 10 heavy (non-hydrogen) atoms. The van der Waals surface area contributed by atoms with Gasteiger partial charge in [0, 0.05) is 6.08 Å². The molecule has 0 unspecified atom stereocenters. The molecule has 4 nitrogen and oxygen atoms in total. The number of nitrogens with one attached hydrogen (secondary N) is 1. The molecule has 0 saturated heterocycles. The molecule has 0 spiro atoms. The van der Waals surface area contributed by atoms with Crippen LogP contribution in [0.4, 0.5) is 0 Å². The van der Waals surface area contributed by atoms with Crippen molar-refractivity contribution in [2.75, 3.05) is 0 Å². The van der Waals surface area contributed by atoms with Gasteiger partial charge in [0.05, 0.1) is 5.57 Å². The fourth-order valence-electron chi connectivity index (χ4n) is 0.673. The van der Waals surface area contributed by atoms with Crippen molar-refractivity contribution >= 4 is 17.6 Å². The third-order valence-electron chi connectivity index (χ3n) is 1.14. The van der Waals surface area contributed by atoms with Crippen LogP contribution in [-0.2, 0) is 14.4 Å². The van der Waals surface area contributed by atoms with Crippen molar-refractivity contribution in [1.29, 1.82) is 0 Å². The highest BCUT2D eigenvalue weighted by molar-refractivity contribution is 6.29. The van der Waals surface area contributed by atoms with Gasteiger partial charge in [-0.2, -0.15) is 0 Å². The van der Waals surface area contributed by atoms with Crippen LogP contribution in [0.3, 0.4) is 0 Å². The van der Waals surface area contributed by atoms with Gasteiger partial charge >= 0.3 is 0 Å². The van der Waals surface area contributed by atoms with Gasteiger partial charge in [-0.25, -0.2) is 0 Å². The Morgan fingerprint density at radius 2 is 2.10 bits per heavy atom. The molecule has 0 fully saturated rings. The summed E-state index contributed by atoms with van der Waals surface area (Å²) in [6, 6.07) is 0. The summed E-state index contributed by atoms with van der Waals surface area (Å²) in [6.45, 7) is 1.24. The van der Waals surface area contributed by atoms with E-state index in [2.05, 4.69) is 0 Å². The smallest absolute Gasteiger partial charge is 0.261 e. The molecular formula is C6H5NO3. The number of imide groups is 1. The summed E-state index contributed by atoms with van der Waals surface area (Å²) in [6.07, 6.45) is 1.00. The third-order valence-corrected chi connectivity index (χ3v) is 1.14. The highest BCUT2D eigenvalue weighted by atomic mass is 16.2. The Balaban J connectivity index is 2.96. The Morgan fingerprint density at radius 1 is 1.50 bits per heavy atom. The molecule has 0 aliphatic carbocycles. The average Bonchev–Trinajstić information content (AvgIpc) is 2.10. The van der Waals surface area contributed by atoms with Crippen LogP contribution in [-0.4, -0.2) is 17.6 Å². The minimum atomic E-state index is -0.600. The van der Waals surface area contributed by atoms with Crippen LogP contribution < -0.4 is 5.32 Å². The van der Waals surface area contributed by atoms with Gasteiger partial charge in [0.1, 0.15) is 0 Å². The summed E-state index contributed by atoms with van der Waals surface area (Å²) in [5.41, 5.74) is -0.0648. The molecule has 1 heterocycles. The largest absolute Gasteiger partial charge is 0.294 e. The molecule has 0 radical (unpaired) electrons. The van der Waals surface area contributed by atoms with E-state index in [1.54, 1.807) is 0 Å². The molecule has 1 rings (SSSR count). The van der Waals surface area contributed by atoms with Gasteiger partial charge in [0.2, 0.25) is 0 Å². The Kier molecular flexibility index (Phi) is 1.37. The number of amides is 2. The van der Waals surface area contributed by atoms with Gasteiger partial charge in [-0.3, -0.25) is 19.7 Å². The van der Waals surface area contributed by atoms with E-state index in [0.29, 0.717) is 0 Å². The molecule has 2 amide bonds. The van der Waals surface area contributed by atoms with Crippen molar-refractivity contribution in [3.63, 3.8) is 0 Å². The van der Waals surface area contributed by atoms with E-state index in [0.717, 1.165) is 6.08 Å². The fraction of sp³-hybridized carbons (Fsp3) is 0.167. The van der Waals surface area contributed by atoms with Gasteiger partial charge < -0.3 is 0 Å². The highest BCUT2D eigenvalue weighted by Gasteiger charge is 2.23. The molecule has 0 atom stereocenters. The summed E-state index contributed by atoms with van der Waals surface area (Å²) in [4.78, 5) is 31.5.